The van der Waals surface area contributed by atoms with Crippen molar-refractivity contribution in [3.8, 4) is 0 Å². The predicted molar refractivity (Wildman–Crippen MR) is 114 cm³/mol. The first kappa shape index (κ1) is 20.3. The van der Waals surface area contributed by atoms with Crippen molar-refractivity contribution in [3.63, 3.8) is 0 Å². The Balaban J connectivity index is 1.70. The normalized spacial score (nSPS) is 15.8. The number of anilines is 2. The van der Waals surface area contributed by atoms with Gasteiger partial charge in [-0.2, -0.15) is 0 Å². The molecular formula is C23H25N3O3. The van der Waals surface area contributed by atoms with Gasteiger partial charge in [-0.1, -0.05) is 37.3 Å². The molecule has 1 saturated heterocycles. The van der Waals surface area contributed by atoms with Gasteiger partial charge in [-0.3, -0.25) is 14.4 Å². The fourth-order valence-corrected chi connectivity index (χ4v) is 3.33. The largest absolute Gasteiger partial charge is 0.349 e. The summed E-state index contributed by atoms with van der Waals surface area (Å²) in [5.41, 5.74) is 2.80. The molecule has 0 saturated carbocycles. The molecule has 1 fully saturated rings. The minimum absolute atomic E-state index is 0.0774. The van der Waals surface area contributed by atoms with Crippen LogP contribution in [0, 0.1) is 5.92 Å². The Morgan fingerprint density at radius 1 is 1.17 bits per heavy atom. The topological polar surface area (TPSA) is 78.5 Å². The molecule has 1 heterocycles. The van der Waals surface area contributed by atoms with Crippen LogP contribution in [0.3, 0.4) is 0 Å². The van der Waals surface area contributed by atoms with Gasteiger partial charge in [-0.05, 0) is 36.2 Å². The molecule has 0 aliphatic carbocycles. The van der Waals surface area contributed by atoms with Crippen LogP contribution in [0.25, 0.3) is 0 Å². The molecule has 2 aromatic rings. The van der Waals surface area contributed by atoms with E-state index >= 15 is 0 Å². The van der Waals surface area contributed by atoms with Gasteiger partial charge in [0.1, 0.15) is 0 Å². The van der Waals surface area contributed by atoms with Gasteiger partial charge >= 0.3 is 0 Å². The maximum atomic E-state index is 12.8. The summed E-state index contributed by atoms with van der Waals surface area (Å²) >= 11 is 0. The highest BCUT2D eigenvalue weighted by Crippen LogP contribution is 2.27. The first-order valence-electron chi connectivity index (χ1n) is 9.71. The number of rotatable bonds is 7. The summed E-state index contributed by atoms with van der Waals surface area (Å²) in [6.45, 7) is 6.31. The first-order valence-corrected chi connectivity index (χ1v) is 9.71. The fourth-order valence-electron chi connectivity index (χ4n) is 3.33. The van der Waals surface area contributed by atoms with Crippen LogP contribution >= 0.6 is 0 Å². The highest BCUT2D eigenvalue weighted by molar-refractivity contribution is 6.07. The van der Waals surface area contributed by atoms with Crippen molar-refractivity contribution in [2.45, 2.75) is 19.8 Å². The molecule has 3 amide bonds. The second-order valence-electron chi connectivity index (χ2n) is 6.96. The van der Waals surface area contributed by atoms with E-state index < -0.39 is 5.92 Å². The van der Waals surface area contributed by atoms with Gasteiger partial charge < -0.3 is 15.5 Å². The van der Waals surface area contributed by atoms with E-state index in [1.165, 1.54) is 5.56 Å². The maximum Gasteiger partial charge on any atom is 0.253 e. The van der Waals surface area contributed by atoms with E-state index in [1.807, 2.05) is 24.3 Å². The average molecular weight is 391 g/mol. The molecule has 0 spiro atoms. The monoisotopic (exact) mass is 391 g/mol. The Kier molecular flexibility index (Phi) is 6.44. The van der Waals surface area contributed by atoms with Crippen molar-refractivity contribution in [2.75, 3.05) is 23.3 Å². The van der Waals surface area contributed by atoms with E-state index in [4.69, 9.17) is 0 Å². The molecule has 6 heteroatoms. The molecule has 2 aromatic carbocycles. The van der Waals surface area contributed by atoms with Gasteiger partial charge in [0, 0.05) is 25.2 Å². The Morgan fingerprint density at radius 3 is 2.59 bits per heavy atom. The van der Waals surface area contributed by atoms with E-state index in [-0.39, 0.29) is 24.1 Å². The van der Waals surface area contributed by atoms with Crippen molar-refractivity contribution in [2.24, 2.45) is 5.92 Å². The number of para-hydroxylation sites is 1. The summed E-state index contributed by atoms with van der Waals surface area (Å²) in [4.78, 5) is 39.2. The zero-order valence-electron chi connectivity index (χ0n) is 16.5. The third-order valence-electron chi connectivity index (χ3n) is 4.99. The predicted octanol–water partition coefficient (Wildman–Crippen LogP) is 3.16. The smallest absolute Gasteiger partial charge is 0.253 e. The number of hydrogen-bond acceptors (Lipinski definition) is 3. The van der Waals surface area contributed by atoms with Gasteiger partial charge in [-0.25, -0.2) is 0 Å². The third-order valence-corrected chi connectivity index (χ3v) is 4.99. The van der Waals surface area contributed by atoms with Gasteiger partial charge in [0.15, 0.2) is 0 Å². The number of carbonyl (C=O) groups is 3. The molecule has 1 aliphatic rings. The van der Waals surface area contributed by atoms with Crippen molar-refractivity contribution in [3.05, 3.63) is 72.3 Å². The number of hydrogen-bond donors (Lipinski definition) is 2. The minimum Gasteiger partial charge on any atom is -0.349 e. The lowest BCUT2D eigenvalue weighted by atomic mass is 10.1. The number of nitrogens with zero attached hydrogens (tertiary/aromatic N) is 1. The van der Waals surface area contributed by atoms with Crippen LogP contribution in [0.5, 0.6) is 0 Å². The van der Waals surface area contributed by atoms with Gasteiger partial charge in [-0.15, -0.1) is 6.58 Å². The molecule has 0 unspecified atom stereocenters. The lowest BCUT2D eigenvalue weighted by molar-refractivity contribution is -0.122. The quantitative estimate of drug-likeness (QED) is 0.712. The van der Waals surface area contributed by atoms with Gasteiger partial charge in [0.2, 0.25) is 11.8 Å². The number of nitrogens with one attached hydrogen (secondary N) is 2. The summed E-state index contributed by atoms with van der Waals surface area (Å²) in [7, 11) is 0. The zero-order chi connectivity index (χ0) is 20.8. The van der Waals surface area contributed by atoms with Crippen molar-refractivity contribution in [1.29, 1.82) is 0 Å². The van der Waals surface area contributed by atoms with Crippen LogP contribution < -0.4 is 15.5 Å². The van der Waals surface area contributed by atoms with Crippen LogP contribution in [0.4, 0.5) is 11.4 Å². The summed E-state index contributed by atoms with van der Waals surface area (Å²) in [5.74, 6) is -1.11. The molecule has 2 N–H and O–H groups in total. The fraction of sp³-hybridized carbons (Fsp3) is 0.261. The Morgan fingerprint density at radius 2 is 1.90 bits per heavy atom. The Bertz CT molecular complexity index is 921. The van der Waals surface area contributed by atoms with E-state index in [2.05, 4.69) is 24.1 Å². The van der Waals surface area contributed by atoms with E-state index in [0.29, 0.717) is 24.3 Å². The molecule has 150 valence electrons. The SMILES string of the molecule is C=CCNC(=O)c1ccccc1NC(=O)[C@H]1CC(=O)N(c2ccc(CC)cc2)C1. The average Bonchev–Trinajstić information content (AvgIpc) is 3.14. The Labute approximate surface area is 170 Å². The van der Waals surface area contributed by atoms with Gasteiger partial charge in [0.05, 0.1) is 17.2 Å². The van der Waals surface area contributed by atoms with Crippen LogP contribution in [-0.4, -0.2) is 30.8 Å². The van der Waals surface area contributed by atoms with Crippen molar-refractivity contribution in [1.82, 2.24) is 5.32 Å². The molecule has 6 nitrogen and oxygen atoms in total. The minimum atomic E-state index is -0.474. The highest BCUT2D eigenvalue weighted by Gasteiger charge is 2.35. The molecule has 1 aliphatic heterocycles. The molecule has 0 radical (unpaired) electrons. The highest BCUT2D eigenvalue weighted by atomic mass is 16.2. The summed E-state index contributed by atoms with van der Waals surface area (Å²) in [6, 6.07) is 14.6. The number of amides is 3. The number of benzene rings is 2. The van der Waals surface area contributed by atoms with E-state index in [9.17, 15) is 14.4 Å². The third kappa shape index (κ3) is 4.71. The molecular weight excluding hydrogens is 366 g/mol. The molecule has 0 aromatic heterocycles. The van der Waals surface area contributed by atoms with Crippen molar-refractivity contribution >= 4 is 29.1 Å². The molecule has 1 atom stereocenters. The van der Waals surface area contributed by atoms with Crippen LogP contribution in [-0.2, 0) is 16.0 Å². The Hall–Kier alpha value is -3.41. The lowest BCUT2D eigenvalue weighted by Gasteiger charge is -2.17. The van der Waals surface area contributed by atoms with Crippen LogP contribution in [0.15, 0.2) is 61.2 Å². The molecule has 3 rings (SSSR count). The number of aryl methyl sites for hydroxylation is 1. The molecule has 0 bridgehead atoms. The molecule has 29 heavy (non-hydrogen) atoms. The second kappa shape index (κ2) is 9.19. The summed E-state index contributed by atoms with van der Waals surface area (Å²) in [5, 5.41) is 5.52. The first-order chi connectivity index (χ1) is 14.0. The number of carbonyl (C=O) groups excluding carboxylic acids is 3. The summed E-state index contributed by atoms with van der Waals surface area (Å²) < 4.78 is 0. The summed E-state index contributed by atoms with van der Waals surface area (Å²) in [6.07, 6.45) is 2.66. The lowest BCUT2D eigenvalue weighted by Crippen LogP contribution is -2.29. The van der Waals surface area contributed by atoms with Crippen LogP contribution in [0.1, 0.15) is 29.3 Å². The standard InChI is InChI=1S/C23H25N3O3/c1-3-13-24-23(29)19-7-5-6-8-20(19)25-22(28)17-14-21(27)26(15-17)18-11-9-16(4-2)10-12-18/h3,5-12,17H,1,4,13-15H2,2H3,(H,24,29)(H,25,28)/t17-/m0/s1. The maximum absolute atomic E-state index is 12.8. The second-order valence-corrected chi connectivity index (χ2v) is 6.96. The van der Waals surface area contributed by atoms with Crippen molar-refractivity contribution < 1.29 is 14.4 Å². The van der Waals surface area contributed by atoms with Crippen LogP contribution in [0.2, 0.25) is 0 Å². The van der Waals surface area contributed by atoms with Gasteiger partial charge in [0.25, 0.3) is 5.91 Å². The zero-order valence-corrected chi connectivity index (χ0v) is 16.5. The van der Waals surface area contributed by atoms with E-state index in [1.54, 1.807) is 35.2 Å². The van der Waals surface area contributed by atoms with E-state index in [0.717, 1.165) is 12.1 Å².